The van der Waals surface area contributed by atoms with Gasteiger partial charge in [0, 0.05) is 51.6 Å². The van der Waals surface area contributed by atoms with E-state index in [4.69, 9.17) is 15.2 Å². The van der Waals surface area contributed by atoms with Gasteiger partial charge in [0.15, 0.2) is 6.04 Å². The summed E-state index contributed by atoms with van der Waals surface area (Å²) in [5, 5.41) is 10.8. The topological polar surface area (TPSA) is 189 Å². The number of likely N-dealkylation sites (tertiary alicyclic amines) is 1. The van der Waals surface area contributed by atoms with Gasteiger partial charge in [-0.15, -0.1) is 11.3 Å². The highest BCUT2D eigenvalue weighted by molar-refractivity contribution is 7.09. The number of benzene rings is 1. The van der Waals surface area contributed by atoms with Gasteiger partial charge in [-0.25, -0.2) is 4.98 Å². The third-order valence-corrected chi connectivity index (χ3v) is 11.7. The molecule has 1 aromatic heterocycles. The van der Waals surface area contributed by atoms with Gasteiger partial charge in [0.05, 0.1) is 49.2 Å². The molecule has 1 fully saturated rings. The molecule has 1 saturated heterocycles. The molecule has 0 radical (unpaired) electrons. The van der Waals surface area contributed by atoms with Gasteiger partial charge in [-0.05, 0) is 56.5 Å². The Morgan fingerprint density at radius 2 is 1.66 bits per heavy atom. The van der Waals surface area contributed by atoms with Crippen molar-refractivity contribution in [3.63, 3.8) is 0 Å². The van der Waals surface area contributed by atoms with Crippen LogP contribution in [0.3, 0.4) is 0 Å². The number of methoxy groups -OCH3 is 2. The van der Waals surface area contributed by atoms with Crippen LogP contribution in [0.5, 0.6) is 0 Å². The van der Waals surface area contributed by atoms with Crippen molar-refractivity contribution in [1.29, 1.82) is 0 Å². The predicted molar refractivity (Wildman–Crippen MR) is 217 cm³/mol. The molecule has 8 atom stereocenters. The van der Waals surface area contributed by atoms with Crippen LogP contribution in [-0.4, -0.2) is 128 Å². The Morgan fingerprint density at radius 3 is 2.21 bits per heavy atom. The molecular weight excluding hydrogens is 737 g/mol. The van der Waals surface area contributed by atoms with Gasteiger partial charge in [-0.2, -0.15) is 0 Å². The molecule has 15 nitrogen and oxygen atoms in total. The van der Waals surface area contributed by atoms with Crippen molar-refractivity contribution in [3.05, 3.63) is 46.4 Å². The zero-order chi connectivity index (χ0) is 41.7. The summed E-state index contributed by atoms with van der Waals surface area (Å²) in [6.45, 7) is 10.2. The van der Waals surface area contributed by atoms with Gasteiger partial charge in [-0.1, -0.05) is 53.2 Å². The van der Waals surface area contributed by atoms with Crippen molar-refractivity contribution >= 4 is 46.6 Å². The molecule has 3 rings (SSSR count). The molecule has 1 aliphatic rings. The zero-order valence-electron chi connectivity index (χ0n) is 34.7. The monoisotopic (exact) mass is 800 g/mol. The fraction of sp³-hybridized carbons (Fsp3) is 0.650. The first-order valence-electron chi connectivity index (χ1n) is 19.4. The molecule has 5 amide bonds. The molecule has 8 unspecified atom stereocenters. The number of amides is 5. The molecular formula is C40H64N8O7S. The zero-order valence-corrected chi connectivity index (χ0v) is 35.6. The molecule has 56 heavy (non-hydrogen) atoms. The van der Waals surface area contributed by atoms with E-state index >= 15 is 0 Å². The van der Waals surface area contributed by atoms with Crippen LogP contribution < -0.4 is 21.7 Å². The molecule has 16 heteroatoms. The van der Waals surface area contributed by atoms with Crippen molar-refractivity contribution in [2.75, 3.05) is 54.2 Å². The SMILES string of the molecule is CCC(C)C(C(CC(=O)N1CCCC1C(OC)C(C)C(=O)NC(C(=O)NCc1ccc(N)cc1)c1nccs1)OC)N(C)C(=O)CNC(=O)C(C(C)C)N(C)C. The Kier molecular flexibility index (Phi) is 18.2. The van der Waals surface area contributed by atoms with Gasteiger partial charge in [0.25, 0.3) is 0 Å². The summed E-state index contributed by atoms with van der Waals surface area (Å²) in [7, 11) is 8.40. The van der Waals surface area contributed by atoms with Gasteiger partial charge < -0.3 is 41.0 Å². The number of nitrogens with zero attached hydrogens (tertiary/aromatic N) is 4. The van der Waals surface area contributed by atoms with Gasteiger partial charge in [0.1, 0.15) is 5.01 Å². The van der Waals surface area contributed by atoms with E-state index in [0.29, 0.717) is 30.1 Å². The standard InChI is InChI=1S/C40H64N8O7S/c1-11-25(4)35(47(8)32(50)23-44-39(53)34(24(2)3)46(6)7)30(54-9)21-31(49)48-19-12-13-29(48)36(55-10)26(5)37(51)45-33(40-42-18-20-56-40)38(52)43-22-27-14-16-28(41)17-15-27/h14-18,20,24-26,29-30,33-36H,11-13,19,21-23,41H2,1-10H3,(H,43,52)(H,44,53)(H,45,51). The Hall–Kier alpha value is -4.12. The maximum Gasteiger partial charge on any atom is 0.250 e. The van der Waals surface area contributed by atoms with Crippen LogP contribution in [-0.2, 0) is 40.0 Å². The molecule has 0 aliphatic carbocycles. The van der Waals surface area contributed by atoms with Crippen LogP contribution in [0.15, 0.2) is 35.8 Å². The van der Waals surface area contributed by atoms with Gasteiger partial charge in [-0.3, -0.25) is 28.9 Å². The van der Waals surface area contributed by atoms with E-state index in [-0.39, 0.29) is 55.1 Å². The Bertz CT molecular complexity index is 1570. The van der Waals surface area contributed by atoms with Crippen molar-refractivity contribution in [2.45, 2.75) is 103 Å². The van der Waals surface area contributed by atoms with E-state index in [1.54, 1.807) is 47.5 Å². The fourth-order valence-corrected chi connectivity index (χ4v) is 8.35. The number of nitrogens with two attached hydrogens (primary N) is 1. The number of nitrogens with one attached hydrogen (secondary N) is 3. The highest BCUT2D eigenvalue weighted by Gasteiger charge is 2.42. The highest BCUT2D eigenvalue weighted by atomic mass is 32.1. The summed E-state index contributed by atoms with van der Waals surface area (Å²) in [5.41, 5.74) is 7.26. The number of nitrogen functional groups attached to an aromatic ring is 1. The summed E-state index contributed by atoms with van der Waals surface area (Å²) < 4.78 is 11.9. The molecule has 0 saturated carbocycles. The molecule has 2 heterocycles. The number of carbonyl (C=O) groups excluding carboxylic acids is 5. The van der Waals surface area contributed by atoms with Crippen LogP contribution in [0.25, 0.3) is 0 Å². The number of hydrogen-bond acceptors (Lipinski definition) is 11. The van der Waals surface area contributed by atoms with E-state index in [1.165, 1.54) is 25.6 Å². The van der Waals surface area contributed by atoms with Gasteiger partial charge in [0.2, 0.25) is 29.5 Å². The summed E-state index contributed by atoms with van der Waals surface area (Å²) in [6.07, 6.45) is 2.33. The molecule has 5 N–H and O–H groups in total. The van der Waals surface area contributed by atoms with Crippen LogP contribution in [0.4, 0.5) is 5.69 Å². The lowest BCUT2D eigenvalue weighted by Crippen LogP contribution is -2.55. The summed E-state index contributed by atoms with van der Waals surface area (Å²) in [5.74, 6) is -2.22. The van der Waals surface area contributed by atoms with Crippen LogP contribution >= 0.6 is 11.3 Å². The quantitative estimate of drug-likeness (QED) is 0.137. The third kappa shape index (κ3) is 12.2. The fourth-order valence-electron chi connectivity index (χ4n) is 7.67. The minimum absolute atomic E-state index is 0.000645. The average molecular weight is 801 g/mol. The first-order chi connectivity index (χ1) is 26.6. The lowest BCUT2D eigenvalue weighted by Gasteiger charge is -2.39. The largest absolute Gasteiger partial charge is 0.399 e. The Morgan fingerprint density at radius 1 is 0.982 bits per heavy atom. The number of hydrogen-bond donors (Lipinski definition) is 4. The van der Waals surface area contributed by atoms with Gasteiger partial charge >= 0.3 is 0 Å². The minimum Gasteiger partial charge on any atom is -0.399 e. The Balaban J connectivity index is 1.72. The third-order valence-electron chi connectivity index (χ3n) is 10.9. The second kappa shape index (κ2) is 22.0. The number of rotatable bonds is 21. The number of carbonyl (C=O) groups is 5. The Labute approximate surface area is 336 Å². The van der Waals surface area contributed by atoms with Crippen molar-refractivity contribution in [2.24, 2.45) is 17.8 Å². The maximum atomic E-state index is 14.2. The molecule has 0 spiro atoms. The van der Waals surface area contributed by atoms with Crippen molar-refractivity contribution < 1.29 is 33.4 Å². The second-order valence-corrected chi connectivity index (χ2v) is 16.2. The number of likely N-dealkylation sites (N-methyl/N-ethyl adjacent to an activating group) is 2. The number of ether oxygens (including phenoxy) is 2. The van der Waals surface area contributed by atoms with Crippen LogP contribution in [0, 0.1) is 17.8 Å². The number of anilines is 1. The smallest absolute Gasteiger partial charge is 0.250 e. The molecule has 312 valence electrons. The molecule has 0 bridgehead atoms. The first kappa shape index (κ1) is 46.3. The highest BCUT2D eigenvalue weighted by Crippen LogP contribution is 2.30. The lowest BCUT2D eigenvalue weighted by atomic mass is 9.90. The van der Waals surface area contributed by atoms with E-state index in [0.717, 1.165) is 12.0 Å². The van der Waals surface area contributed by atoms with E-state index < -0.39 is 48.1 Å². The van der Waals surface area contributed by atoms with E-state index in [1.807, 2.05) is 58.8 Å². The maximum absolute atomic E-state index is 14.2. The van der Waals surface area contributed by atoms with Crippen LogP contribution in [0.1, 0.15) is 76.9 Å². The summed E-state index contributed by atoms with van der Waals surface area (Å²) in [4.78, 5) is 77.4. The molecule has 1 aromatic carbocycles. The number of thiazole rings is 1. The normalized spacial score (nSPS) is 18.1. The first-order valence-corrected chi connectivity index (χ1v) is 20.3. The van der Waals surface area contributed by atoms with E-state index in [2.05, 4.69) is 20.9 Å². The van der Waals surface area contributed by atoms with Crippen molar-refractivity contribution in [1.82, 2.24) is 35.6 Å². The number of aromatic nitrogens is 1. The predicted octanol–water partition coefficient (Wildman–Crippen LogP) is 2.82. The summed E-state index contributed by atoms with van der Waals surface area (Å²) >= 11 is 1.26. The molecule has 1 aliphatic heterocycles. The lowest BCUT2D eigenvalue weighted by molar-refractivity contribution is -0.146. The van der Waals surface area contributed by atoms with E-state index in [9.17, 15) is 24.0 Å². The second-order valence-electron chi connectivity index (χ2n) is 15.3. The van der Waals surface area contributed by atoms with Crippen molar-refractivity contribution in [3.8, 4) is 0 Å². The average Bonchev–Trinajstić information content (AvgIpc) is 3.88. The molecule has 2 aromatic rings. The summed E-state index contributed by atoms with van der Waals surface area (Å²) in [6, 6.07) is 4.87. The van der Waals surface area contributed by atoms with Crippen LogP contribution in [0.2, 0.25) is 0 Å². The minimum atomic E-state index is -1.03.